The highest BCUT2D eigenvalue weighted by Crippen LogP contribution is 2.41. The molecule has 0 spiro atoms. The monoisotopic (exact) mass is 247 g/mol. The maximum Gasteiger partial charge on any atom is 0.0526 e. The Morgan fingerprint density at radius 1 is 1.22 bits per heavy atom. The van der Waals surface area contributed by atoms with Crippen LogP contribution in [0.1, 0.15) is 50.3 Å². The fraction of sp³-hybridized carbons (Fsp3) is 0.625. The van der Waals surface area contributed by atoms with Crippen LogP contribution in [0.25, 0.3) is 0 Å². The summed E-state index contributed by atoms with van der Waals surface area (Å²) in [5.41, 5.74) is 2.70. The highest BCUT2D eigenvalue weighted by molar-refractivity contribution is 5.25. The van der Waals surface area contributed by atoms with Crippen LogP contribution in [0, 0.1) is 12.8 Å². The highest BCUT2D eigenvalue weighted by atomic mass is 16.3. The lowest BCUT2D eigenvalue weighted by Crippen LogP contribution is -2.34. The van der Waals surface area contributed by atoms with Crippen LogP contribution < -0.4 is 5.32 Å². The summed E-state index contributed by atoms with van der Waals surface area (Å²) in [6.07, 6.45) is 3.24. The fourth-order valence-corrected chi connectivity index (χ4v) is 2.59. The molecule has 0 aliphatic heterocycles. The van der Waals surface area contributed by atoms with E-state index in [4.69, 9.17) is 0 Å². The van der Waals surface area contributed by atoms with Crippen LogP contribution in [0.15, 0.2) is 24.3 Å². The van der Waals surface area contributed by atoms with Gasteiger partial charge in [-0.15, -0.1) is 0 Å². The number of aliphatic hydroxyl groups excluding tert-OH is 1. The van der Waals surface area contributed by atoms with E-state index in [0.29, 0.717) is 12.1 Å². The molecule has 18 heavy (non-hydrogen) atoms. The fourth-order valence-electron chi connectivity index (χ4n) is 2.59. The largest absolute Gasteiger partial charge is 0.393 e. The van der Waals surface area contributed by atoms with E-state index in [1.165, 1.54) is 24.0 Å². The van der Waals surface area contributed by atoms with Gasteiger partial charge in [-0.1, -0.05) is 29.8 Å². The number of aliphatic hydroxyl groups is 1. The highest BCUT2D eigenvalue weighted by Gasteiger charge is 2.32. The van der Waals surface area contributed by atoms with Crippen molar-refractivity contribution in [2.24, 2.45) is 5.92 Å². The zero-order valence-corrected chi connectivity index (χ0v) is 11.7. The molecule has 1 aliphatic rings. The van der Waals surface area contributed by atoms with E-state index in [2.05, 4.69) is 43.4 Å². The topological polar surface area (TPSA) is 32.3 Å². The molecule has 0 radical (unpaired) electrons. The van der Waals surface area contributed by atoms with Crippen molar-refractivity contribution in [3.8, 4) is 0 Å². The first kappa shape index (κ1) is 13.6. The lowest BCUT2D eigenvalue weighted by atomic mass is 9.99. The summed E-state index contributed by atoms with van der Waals surface area (Å²) in [6.45, 7) is 6.14. The van der Waals surface area contributed by atoms with E-state index < -0.39 is 0 Å². The number of aryl methyl sites for hydroxylation is 1. The van der Waals surface area contributed by atoms with Crippen molar-refractivity contribution < 1.29 is 5.11 Å². The summed E-state index contributed by atoms with van der Waals surface area (Å²) in [5, 5.41) is 13.1. The molecule has 0 saturated heterocycles. The minimum Gasteiger partial charge on any atom is -0.393 e. The van der Waals surface area contributed by atoms with Crippen LogP contribution in [-0.2, 0) is 0 Å². The Bertz CT molecular complexity index is 367. The molecule has 1 aromatic carbocycles. The molecule has 1 aromatic rings. The normalized spacial score (nSPS) is 20.4. The van der Waals surface area contributed by atoms with Crippen LogP contribution in [0.3, 0.4) is 0 Å². The molecule has 3 unspecified atom stereocenters. The minimum absolute atomic E-state index is 0.231. The molecular weight excluding hydrogens is 222 g/mol. The van der Waals surface area contributed by atoms with Crippen LogP contribution in [-0.4, -0.2) is 17.3 Å². The molecule has 100 valence electrons. The summed E-state index contributed by atoms with van der Waals surface area (Å²) in [4.78, 5) is 0. The second kappa shape index (κ2) is 5.85. The van der Waals surface area contributed by atoms with Gasteiger partial charge in [-0.3, -0.25) is 0 Å². The van der Waals surface area contributed by atoms with Crippen molar-refractivity contribution in [2.75, 3.05) is 0 Å². The zero-order chi connectivity index (χ0) is 13.1. The van der Waals surface area contributed by atoms with Crippen molar-refractivity contribution in [3.05, 3.63) is 35.4 Å². The SMILES string of the molecule is Cc1ccc(C(NC(C)CC(C)O)C2CC2)cc1. The van der Waals surface area contributed by atoms with Crippen LogP contribution in [0.5, 0.6) is 0 Å². The van der Waals surface area contributed by atoms with Crippen molar-refractivity contribution in [2.45, 2.75) is 58.2 Å². The van der Waals surface area contributed by atoms with E-state index in [-0.39, 0.29) is 6.10 Å². The van der Waals surface area contributed by atoms with Gasteiger partial charge in [-0.2, -0.15) is 0 Å². The molecule has 2 N–H and O–H groups in total. The second-order valence-corrected chi connectivity index (χ2v) is 5.88. The summed E-state index contributed by atoms with van der Waals surface area (Å²) in [6, 6.07) is 9.66. The summed E-state index contributed by atoms with van der Waals surface area (Å²) >= 11 is 0. The van der Waals surface area contributed by atoms with E-state index in [1.54, 1.807) is 0 Å². The van der Waals surface area contributed by atoms with Gasteiger partial charge in [0.15, 0.2) is 0 Å². The van der Waals surface area contributed by atoms with Gasteiger partial charge >= 0.3 is 0 Å². The first-order valence-electron chi connectivity index (χ1n) is 7.07. The van der Waals surface area contributed by atoms with Gasteiger partial charge in [0, 0.05) is 12.1 Å². The first-order valence-corrected chi connectivity index (χ1v) is 7.07. The Labute approximate surface area is 110 Å². The quantitative estimate of drug-likeness (QED) is 0.809. The van der Waals surface area contributed by atoms with Crippen LogP contribution >= 0.6 is 0 Å². The second-order valence-electron chi connectivity index (χ2n) is 5.88. The summed E-state index contributed by atoms with van der Waals surface area (Å²) in [5.74, 6) is 0.782. The van der Waals surface area contributed by atoms with Crippen molar-refractivity contribution in [1.82, 2.24) is 5.32 Å². The van der Waals surface area contributed by atoms with E-state index >= 15 is 0 Å². The molecule has 2 heteroatoms. The Hall–Kier alpha value is -0.860. The molecule has 0 aromatic heterocycles. The van der Waals surface area contributed by atoms with Gasteiger partial charge in [0.2, 0.25) is 0 Å². The minimum atomic E-state index is -0.231. The maximum atomic E-state index is 9.46. The number of hydrogen-bond acceptors (Lipinski definition) is 2. The maximum absolute atomic E-state index is 9.46. The van der Waals surface area contributed by atoms with Gasteiger partial charge in [0.1, 0.15) is 0 Å². The zero-order valence-electron chi connectivity index (χ0n) is 11.7. The molecular formula is C16H25NO. The average molecular weight is 247 g/mol. The number of rotatable bonds is 6. The van der Waals surface area contributed by atoms with E-state index in [1.807, 2.05) is 6.92 Å². The third-order valence-corrected chi connectivity index (χ3v) is 3.69. The Kier molecular flexibility index (Phi) is 4.41. The molecule has 2 nitrogen and oxygen atoms in total. The van der Waals surface area contributed by atoms with Crippen molar-refractivity contribution in [1.29, 1.82) is 0 Å². The summed E-state index contributed by atoms with van der Waals surface area (Å²) in [7, 11) is 0. The Balaban J connectivity index is 2.02. The molecule has 0 bridgehead atoms. The molecule has 1 aliphatic carbocycles. The molecule has 0 amide bonds. The molecule has 3 atom stereocenters. The average Bonchev–Trinajstić information content (AvgIpc) is 3.10. The molecule has 1 saturated carbocycles. The Morgan fingerprint density at radius 3 is 2.33 bits per heavy atom. The number of hydrogen-bond donors (Lipinski definition) is 2. The molecule has 2 rings (SSSR count). The van der Waals surface area contributed by atoms with Crippen LogP contribution in [0.4, 0.5) is 0 Å². The van der Waals surface area contributed by atoms with Crippen LogP contribution in [0.2, 0.25) is 0 Å². The Morgan fingerprint density at radius 2 is 1.83 bits per heavy atom. The van der Waals surface area contributed by atoms with Gasteiger partial charge in [0.05, 0.1) is 6.10 Å². The predicted octanol–water partition coefficient (Wildman–Crippen LogP) is 3.20. The van der Waals surface area contributed by atoms with Gasteiger partial charge in [-0.25, -0.2) is 0 Å². The van der Waals surface area contributed by atoms with Gasteiger partial charge in [0.25, 0.3) is 0 Å². The lowest BCUT2D eigenvalue weighted by molar-refractivity contribution is 0.166. The lowest BCUT2D eigenvalue weighted by Gasteiger charge is -2.24. The summed E-state index contributed by atoms with van der Waals surface area (Å²) < 4.78 is 0. The molecule has 1 fully saturated rings. The van der Waals surface area contributed by atoms with Crippen molar-refractivity contribution in [3.63, 3.8) is 0 Å². The number of benzene rings is 1. The van der Waals surface area contributed by atoms with Gasteiger partial charge < -0.3 is 10.4 Å². The third kappa shape index (κ3) is 3.82. The predicted molar refractivity (Wildman–Crippen MR) is 75.5 cm³/mol. The van der Waals surface area contributed by atoms with E-state index in [9.17, 15) is 5.11 Å². The smallest absolute Gasteiger partial charge is 0.0526 e. The van der Waals surface area contributed by atoms with Crippen molar-refractivity contribution >= 4 is 0 Å². The number of nitrogens with one attached hydrogen (secondary N) is 1. The standard InChI is InChI=1S/C16H25NO/c1-11-4-6-14(7-5-11)16(15-8-9-15)17-12(2)10-13(3)18/h4-7,12-13,15-18H,8-10H2,1-3H3. The third-order valence-electron chi connectivity index (χ3n) is 3.69. The molecule has 0 heterocycles. The first-order chi connectivity index (χ1) is 8.56. The van der Waals surface area contributed by atoms with E-state index in [0.717, 1.165) is 12.3 Å². The van der Waals surface area contributed by atoms with Gasteiger partial charge in [-0.05, 0) is 51.5 Å².